The lowest BCUT2D eigenvalue weighted by molar-refractivity contribution is 0.644. The largest absolute Gasteiger partial charge is 0.331 e. The van der Waals surface area contributed by atoms with Gasteiger partial charge in [0, 0.05) is 6.20 Å². The Kier molecular flexibility index (Phi) is 3.47. The van der Waals surface area contributed by atoms with Crippen LogP contribution in [0.5, 0.6) is 0 Å². The van der Waals surface area contributed by atoms with Crippen LogP contribution in [0.2, 0.25) is 5.02 Å². The summed E-state index contributed by atoms with van der Waals surface area (Å²) in [5.41, 5.74) is 1.73. The Hall–Kier alpha value is -2.45. The molecule has 0 fully saturated rings. The average molecular weight is 345 g/mol. The fraction of sp³-hybridized carbons (Fsp3) is 0.0714. The van der Waals surface area contributed by atoms with E-state index in [1.807, 2.05) is 6.07 Å². The summed E-state index contributed by atoms with van der Waals surface area (Å²) in [6, 6.07) is 8.87. The van der Waals surface area contributed by atoms with Gasteiger partial charge in [-0.15, -0.1) is 5.10 Å². The summed E-state index contributed by atoms with van der Waals surface area (Å²) >= 11 is 7.23. The minimum Gasteiger partial charge on any atom is -0.331 e. The summed E-state index contributed by atoms with van der Waals surface area (Å²) in [5, 5.41) is 9.71. The number of aromatic nitrogens is 6. The van der Waals surface area contributed by atoms with Crippen LogP contribution in [-0.2, 0) is 5.88 Å². The first-order valence-corrected chi connectivity index (χ1v) is 8.04. The van der Waals surface area contributed by atoms with Crippen molar-refractivity contribution in [2.45, 2.75) is 11.0 Å². The molecule has 0 radical (unpaired) electrons. The number of nitrogens with zero attached hydrogens (tertiary/aromatic N) is 5. The molecule has 0 amide bonds. The van der Waals surface area contributed by atoms with Gasteiger partial charge in [0.1, 0.15) is 5.52 Å². The average Bonchev–Trinajstić information content (AvgIpc) is 2.96. The third kappa shape index (κ3) is 2.66. The zero-order valence-electron chi connectivity index (χ0n) is 11.6. The van der Waals surface area contributed by atoms with Crippen molar-refractivity contribution in [3.63, 3.8) is 0 Å². The number of thioether (sulfide) groups is 1. The number of halogens is 1. The fourth-order valence-corrected chi connectivity index (χ4v) is 3.06. The van der Waals surface area contributed by atoms with Crippen molar-refractivity contribution in [2.24, 2.45) is 0 Å². The topological polar surface area (TPSA) is 89.3 Å². The highest BCUT2D eigenvalue weighted by Crippen LogP contribution is 2.21. The number of nitrogens with one attached hydrogen (secondary N) is 1. The second-order valence-corrected chi connectivity index (χ2v) is 6.12. The van der Waals surface area contributed by atoms with Gasteiger partial charge in [0.15, 0.2) is 10.8 Å². The summed E-state index contributed by atoms with van der Waals surface area (Å²) in [7, 11) is 0. The molecule has 3 aromatic heterocycles. The van der Waals surface area contributed by atoms with Crippen LogP contribution in [-0.4, -0.2) is 29.9 Å². The van der Waals surface area contributed by atoms with E-state index in [1.54, 1.807) is 30.5 Å². The fourth-order valence-electron chi connectivity index (χ4n) is 2.15. The van der Waals surface area contributed by atoms with E-state index in [1.165, 1.54) is 16.4 Å². The molecular formula is C14H9ClN6OS. The third-order valence-corrected chi connectivity index (χ3v) is 4.28. The highest BCUT2D eigenvalue weighted by molar-refractivity contribution is 7.98. The second kappa shape index (κ2) is 5.64. The molecule has 114 valence electrons. The second-order valence-electron chi connectivity index (χ2n) is 4.75. The van der Waals surface area contributed by atoms with Crippen LogP contribution in [0, 0.1) is 0 Å². The van der Waals surface area contributed by atoms with E-state index < -0.39 is 0 Å². The zero-order valence-corrected chi connectivity index (χ0v) is 13.2. The molecule has 4 aromatic rings. The Labute approximate surface area is 138 Å². The van der Waals surface area contributed by atoms with Crippen molar-refractivity contribution in [3.8, 4) is 0 Å². The van der Waals surface area contributed by atoms with E-state index in [2.05, 4.69) is 25.3 Å². The minimum absolute atomic E-state index is 0.180. The molecule has 0 saturated heterocycles. The van der Waals surface area contributed by atoms with Crippen molar-refractivity contribution in [3.05, 3.63) is 51.9 Å². The van der Waals surface area contributed by atoms with Crippen LogP contribution in [0.15, 0.2) is 46.5 Å². The normalized spacial score (nSPS) is 11.3. The maximum atomic E-state index is 12.4. The maximum absolute atomic E-state index is 12.4. The number of hydrogen-bond donors (Lipinski definition) is 1. The summed E-state index contributed by atoms with van der Waals surface area (Å²) in [5.74, 6) is 0.296. The Morgan fingerprint density at radius 3 is 3.09 bits per heavy atom. The molecule has 0 atom stereocenters. The molecule has 0 spiro atoms. The van der Waals surface area contributed by atoms with Gasteiger partial charge < -0.3 is 4.98 Å². The van der Waals surface area contributed by atoms with E-state index in [0.29, 0.717) is 32.6 Å². The molecule has 3 heterocycles. The van der Waals surface area contributed by atoms with Gasteiger partial charge in [-0.2, -0.15) is 4.68 Å². The van der Waals surface area contributed by atoms with E-state index in [9.17, 15) is 4.79 Å². The number of H-pyrrole nitrogens is 1. The third-order valence-electron chi connectivity index (χ3n) is 3.24. The Bertz CT molecular complexity index is 1080. The highest BCUT2D eigenvalue weighted by Gasteiger charge is 2.08. The van der Waals surface area contributed by atoms with E-state index in [0.717, 1.165) is 5.52 Å². The predicted octanol–water partition coefficient (Wildman–Crippen LogP) is 2.47. The smallest absolute Gasteiger partial charge is 0.278 e. The first-order chi connectivity index (χ1) is 11.2. The summed E-state index contributed by atoms with van der Waals surface area (Å²) < 4.78 is 1.31. The van der Waals surface area contributed by atoms with Crippen molar-refractivity contribution in [1.29, 1.82) is 0 Å². The van der Waals surface area contributed by atoms with Crippen LogP contribution in [0.3, 0.4) is 0 Å². The van der Waals surface area contributed by atoms with Gasteiger partial charge in [0.2, 0.25) is 0 Å². The number of imidazole rings is 1. The van der Waals surface area contributed by atoms with Crippen LogP contribution in [0.25, 0.3) is 22.1 Å². The van der Waals surface area contributed by atoms with Crippen molar-refractivity contribution in [1.82, 2.24) is 29.9 Å². The number of rotatable bonds is 3. The van der Waals surface area contributed by atoms with Gasteiger partial charge in [-0.1, -0.05) is 40.7 Å². The lowest BCUT2D eigenvalue weighted by atomic mass is 10.2. The van der Waals surface area contributed by atoms with Gasteiger partial charge in [0.05, 0.1) is 21.8 Å². The monoisotopic (exact) mass is 344 g/mol. The Morgan fingerprint density at radius 1 is 1.30 bits per heavy atom. The standard InChI is InChI=1S/C14H9ClN6OS/c15-8-5-11-12(16-6-8)18-14(17-11)23-7-21-13(22)9-3-1-2-4-10(9)19-20-21/h1-6H,7H2,(H,16,17,18). The number of fused-ring (bicyclic) bond motifs is 2. The number of hydrogen-bond acceptors (Lipinski definition) is 6. The number of benzene rings is 1. The lowest BCUT2D eigenvalue weighted by Gasteiger charge is -2.02. The number of aromatic amines is 1. The first kappa shape index (κ1) is 14.2. The molecule has 0 aliphatic carbocycles. The van der Waals surface area contributed by atoms with Crippen LogP contribution in [0.1, 0.15) is 0 Å². The van der Waals surface area contributed by atoms with Gasteiger partial charge in [-0.25, -0.2) is 9.97 Å². The molecule has 0 unspecified atom stereocenters. The zero-order chi connectivity index (χ0) is 15.8. The Morgan fingerprint density at radius 2 is 2.17 bits per heavy atom. The van der Waals surface area contributed by atoms with Crippen molar-refractivity contribution >= 4 is 45.4 Å². The van der Waals surface area contributed by atoms with Crippen LogP contribution < -0.4 is 5.56 Å². The van der Waals surface area contributed by atoms with Crippen LogP contribution >= 0.6 is 23.4 Å². The predicted molar refractivity (Wildman–Crippen MR) is 88.6 cm³/mol. The maximum Gasteiger partial charge on any atom is 0.278 e. The number of pyridine rings is 1. The molecule has 0 aliphatic rings. The van der Waals surface area contributed by atoms with Gasteiger partial charge in [-0.05, 0) is 18.2 Å². The lowest BCUT2D eigenvalue weighted by Crippen LogP contribution is -2.23. The molecule has 7 nitrogen and oxygen atoms in total. The summed E-state index contributed by atoms with van der Waals surface area (Å²) in [6.45, 7) is 0. The molecule has 4 rings (SSSR count). The summed E-state index contributed by atoms with van der Waals surface area (Å²) in [4.78, 5) is 23.9. The quantitative estimate of drug-likeness (QED) is 0.574. The molecular weight excluding hydrogens is 336 g/mol. The Balaban J connectivity index is 1.63. The van der Waals surface area contributed by atoms with Gasteiger partial charge in [0.25, 0.3) is 5.56 Å². The molecule has 9 heteroatoms. The first-order valence-electron chi connectivity index (χ1n) is 6.67. The SMILES string of the molecule is O=c1c2ccccc2nnn1CSc1nc2ncc(Cl)cc2[nH]1. The molecule has 0 bridgehead atoms. The molecule has 23 heavy (non-hydrogen) atoms. The van der Waals surface area contributed by atoms with Gasteiger partial charge in [-0.3, -0.25) is 4.79 Å². The van der Waals surface area contributed by atoms with Crippen molar-refractivity contribution < 1.29 is 0 Å². The van der Waals surface area contributed by atoms with Crippen molar-refractivity contribution in [2.75, 3.05) is 0 Å². The van der Waals surface area contributed by atoms with E-state index in [-0.39, 0.29) is 5.56 Å². The molecule has 1 N–H and O–H groups in total. The summed E-state index contributed by atoms with van der Waals surface area (Å²) in [6.07, 6.45) is 1.54. The molecule has 0 saturated carbocycles. The minimum atomic E-state index is -0.180. The van der Waals surface area contributed by atoms with E-state index >= 15 is 0 Å². The molecule has 0 aliphatic heterocycles. The molecule has 1 aromatic carbocycles. The van der Waals surface area contributed by atoms with E-state index in [4.69, 9.17) is 11.6 Å². The van der Waals surface area contributed by atoms with Gasteiger partial charge >= 0.3 is 0 Å². The van der Waals surface area contributed by atoms with Crippen LogP contribution in [0.4, 0.5) is 0 Å². The highest BCUT2D eigenvalue weighted by atomic mass is 35.5.